The number of carbonyl (C=O) groups is 2. The molecular weight excluding hydrogens is 326 g/mol. The Morgan fingerprint density at radius 1 is 1.15 bits per heavy atom. The smallest absolute Gasteiger partial charge is 0.225 e. The first-order valence-electron chi connectivity index (χ1n) is 9.87. The van der Waals surface area contributed by atoms with Crippen molar-refractivity contribution in [2.75, 3.05) is 13.1 Å². The molecule has 1 fully saturated rings. The van der Waals surface area contributed by atoms with E-state index in [2.05, 4.69) is 19.2 Å². The predicted octanol–water partition coefficient (Wildman–Crippen LogP) is 2.87. The van der Waals surface area contributed by atoms with Crippen LogP contribution in [-0.2, 0) is 9.59 Å². The summed E-state index contributed by atoms with van der Waals surface area (Å²) in [5, 5.41) is 3.13. The van der Waals surface area contributed by atoms with E-state index >= 15 is 0 Å². The molecule has 1 heterocycles. The van der Waals surface area contributed by atoms with Gasteiger partial charge in [-0.25, -0.2) is 0 Å². The Morgan fingerprint density at radius 2 is 1.73 bits per heavy atom. The molecule has 0 aromatic heterocycles. The fourth-order valence-electron chi connectivity index (χ4n) is 3.60. The molecule has 1 aromatic carbocycles. The summed E-state index contributed by atoms with van der Waals surface area (Å²) >= 11 is 0. The second-order valence-corrected chi connectivity index (χ2v) is 7.35. The molecule has 2 amide bonds. The van der Waals surface area contributed by atoms with Gasteiger partial charge in [-0.15, -0.1) is 0 Å². The van der Waals surface area contributed by atoms with Crippen LogP contribution in [0.15, 0.2) is 30.3 Å². The Balaban J connectivity index is 1.83. The highest BCUT2D eigenvalue weighted by Crippen LogP contribution is 2.21. The summed E-state index contributed by atoms with van der Waals surface area (Å²) in [4.78, 5) is 27.0. The van der Waals surface area contributed by atoms with Crippen molar-refractivity contribution in [3.05, 3.63) is 35.9 Å². The molecule has 26 heavy (non-hydrogen) atoms. The average Bonchev–Trinajstić information content (AvgIpc) is 2.68. The molecule has 144 valence electrons. The van der Waals surface area contributed by atoms with E-state index in [4.69, 9.17) is 5.73 Å². The lowest BCUT2D eigenvalue weighted by atomic mass is 9.93. The van der Waals surface area contributed by atoms with Gasteiger partial charge in [0, 0.05) is 31.1 Å². The van der Waals surface area contributed by atoms with E-state index in [9.17, 15) is 9.59 Å². The maximum Gasteiger partial charge on any atom is 0.225 e. The Hall–Kier alpha value is -1.88. The standard InChI is InChI=1S/C21H33N3O2/c1-4-16(5-2)21(26)24-13-11-18(12-14-24)23-20(25)15(3)19(22)17-9-7-6-8-10-17/h6-10,15-16,18-19H,4-5,11-14,22H2,1-3H3,(H,23,25). The van der Waals surface area contributed by atoms with E-state index < -0.39 is 0 Å². The van der Waals surface area contributed by atoms with Gasteiger partial charge in [0.25, 0.3) is 0 Å². The third-order valence-corrected chi connectivity index (χ3v) is 5.62. The zero-order chi connectivity index (χ0) is 19.1. The summed E-state index contributed by atoms with van der Waals surface area (Å²) < 4.78 is 0. The molecule has 5 nitrogen and oxygen atoms in total. The van der Waals surface area contributed by atoms with Gasteiger partial charge in [-0.1, -0.05) is 51.1 Å². The number of nitrogens with two attached hydrogens (primary N) is 1. The van der Waals surface area contributed by atoms with Crippen molar-refractivity contribution >= 4 is 11.8 Å². The number of piperidine rings is 1. The number of carbonyl (C=O) groups excluding carboxylic acids is 2. The van der Waals surface area contributed by atoms with Crippen molar-refractivity contribution < 1.29 is 9.59 Å². The van der Waals surface area contributed by atoms with Crippen molar-refractivity contribution in [1.29, 1.82) is 0 Å². The molecule has 0 bridgehead atoms. The lowest BCUT2D eigenvalue weighted by Crippen LogP contribution is -2.49. The number of benzene rings is 1. The lowest BCUT2D eigenvalue weighted by Gasteiger charge is -2.35. The van der Waals surface area contributed by atoms with Crippen molar-refractivity contribution in [2.45, 2.75) is 58.5 Å². The minimum absolute atomic E-state index is 0.00822. The van der Waals surface area contributed by atoms with Gasteiger partial charge in [0.1, 0.15) is 0 Å². The van der Waals surface area contributed by atoms with Crippen LogP contribution in [0.1, 0.15) is 58.1 Å². The molecule has 1 aliphatic heterocycles. The largest absolute Gasteiger partial charge is 0.353 e. The molecular formula is C21H33N3O2. The zero-order valence-electron chi connectivity index (χ0n) is 16.3. The molecule has 0 spiro atoms. The Morgan fingerprint density at radius 3 is 2.27 bits per heavy atom. The minimum Gasteiger partial charge on any atom is -0.353 e. The fourth-order valence-corrected chi connectivity index (χ4v) is 3.60. The Bertz CT molecular complexity index is 578. The molecule has 0 saturated carbocycles. The SMILES string of the molecule is CCC(CC)C(=O)N1CCC(NC(=O)C(C)C(N)c2ccccc2)CC1. The quantitative estimate of drug-likeness (QED) is 0.786. The van der Waals surface area contributed by atoms with Crippen LogP contribution in [0.4, 0.5) is 0 Å². The van der Waals surface area contributed by atoms with E-state index in [0.29, 0.717) is 0 Å². The minimum atomic E-state index is -0.312. The normalized spacial score (nSPS) is 17.8. The third kappa shape index (κ3) is 5.07. The first kappa shape index (κ1) is 20.4. The van der Waals surface area contributed by atoms with E-state index in [-0.39, 0.29) is 35.7 Å². The first-order valence-corrected chi connectivity index (χ1v) is 9.87. The maximum absolute atomic E-state index is 12.6. The number of amides is 2. The number of nitrogens with zero attached hydrogens (tertiary/aromatic N) is 1. The monoisotopic (exact) mass is 359 g/mol. The van der Waals surface area contributed by atoms with Crippen molar-refractivity contribution in [2.24, 2.45) is 17.6 Å². The summed E-state index contributed by atoms with van der Waals surface area (Å²) in [5.41, 5.74) is 7.23. The van der Waals surface area contributed by atoms with Crippen LogP contribution >= 0.6 is 0 Å². The van der Waals surface area contributed by atoms with Crippen LogP contribution in [-0.4, -0.2) is 35.8 Å². The highest BCUT2D eigenvalue weighted by Gasteiger charge is 2.29. The van der Waals surface area contributed by atoms with Crippen molar-refractivity contribution in [1.82, 2.24) is 10.2 Å². The number of rotatable bonds is 7. The van der Waals surface area contributed by atoms with Gasteiger partial charge in [-0.3, -0.25) is 9.59 Å². The summed E-state index contributed by atoms with van der Waals surface area (Å²) in [5.74, 6) is 0.0945. The fraction of sp³-hybridized carbons (Fsp3) is 0.619. The molecule has 3 N–H and O–H groups in total. The molecule has 1 saturated heterocycles. The zero-order valence-corrected chi connectivity index (χ0v) is 16.3. The van der Waals surface area contributed by atoms with E-state index in [1.807, 2.05) is 42.2 Å². The summed E-state index contributed by atoms with van der Waals surface area (Å²) in [7, 11) is 0. The number of likely N-dealkylation sites (tertiary alicyclic amines) is 1. The summed E-state index contributed by atoms with van der Waals surface area (Å²) in [6, 6.07) is 9.54. The van der Waals surface area contributed by atoms with Crippen LogP contribution in [0, 0.1) is 11.8 Å². The Kier molecular flexibility index (Phi) is 7.64. The molecule has 2 rings (SSSR count). The van der Waals surface area contributed by atoms with Crippen LogP contribution in [0.2, 0.25) is 0 Å². The van der Waals surface area contributed by atoms with Crippen molar-refractivity contribution in [3.63, 3.8) is 0 Å². The molecule has 2 unspecified atom stereocenters. The van der Waals surface area contributed by atoms with Crippen LogP contribution < -0.4 is 11.1 Å². The highest BCUT2D eigenvalue weighted by molar-refractivity contribution is 5.80. The molecule has 0 aliphatic carbocycles. The molecule has 5 heteroatoms. The molecule has 1 aromatic rings. The lowest BCUT2D eigenvalue weighted by molar-refractivity contribution is -0.137. The van der Waals surface area contributed by atoms with Gasteiger partial charge in [-0.05, 0) is 31.2 Å². The van der Waals surface area contributed by atoms with E-state index in [1.54, 1.807) is 0 Å². The predicted molar refractivity (Wildman–Crippen MR) is 104 cm³/mol. The van der Waals surface area contributed by atoms with Gasteiger partial charge in [0.2, 0.25) is 11.8 Å². The van der Waals surface area contributed by atoms with Crippen molar-refractivity contribution in [3.8, 4) is 0 Å². The second kappa shape index (κ2) is 9.72. The highest BCUT2D eigenvalue weighted by atomic mass is 16.2. The average molecular weight is 360 g/mol. The molecule has 1 aliphatic rings. The van der Waals surface area contributed by atoms with Gasteiger partial charge in [0.15, 0.2) is 0 Å². The second-order valence-electron chi connectivity index (χ2n) is 7.35. The Labute approximate surface area is 157 Å². The molecule has 0 radical (unpaired) electrons. The topological polar surface area (TPSA) is 75.4 Å². The summed E-state index contributed by atoms with van der Waals surface area (Å²) in [6.07, 6.45) is 3.40. The third-order valence-electron chi connectivity index (χ3n) is 5.62. The van der Waals surface area contributed by atoms with Gasteiger partial charge in [-0.2, -0.15) is 0 Å². The molecule has 2 atom stereocenters. The van der Waals surface area contributed by atoms with Gasteiger partial charge < -0.3 is 16.0 Å². The van der Waals surface area contributed by atoms with E-state index in [0.717, 1.165) is 44.3 Å². The van der Waals surface area contributed by atoms with Crippen LogP contribution in [0.3, 0.4) is 0 Å². The van der Waals surface area contributed by atoms with Gasteiger partial charge >= 0.3 is 0 Å². The first-order chi connectivity index (χ1) is 12.5. The van der Waals surface area contributed by atoms with E-state index in [1.165, 1.54) is 0 Å². The van der Waals surface area contributed by atoms with Gasteiger partial charge in [0.05, 0.1) is 5.92 Å². The summed E-state index contributed by atoms with van der Waals surface area (Å²) in [6.45, 7) is 7.45. The van der Waals surface area contributed by atoms with Crippen LogP contribution in [0.25, 0.3) is 0 Å². The maximum atomic E-state index is 12.6. The number of hydrogen-bond donors (Lipinski definition) is 2. The number of hydrogen-bond acceptors (Lipinski definition) is 3. The van der Waals surface area contributed by atoms with Crippen LogP contribution in [0.5, 0.6) is 0 Å². The number of nitrogens with one attached hydrogen (secondary N) is 1.